The molecule has 0 saturated heterocycles. The van der Waals surface area contributed by atoms with E-state index >= 15 is 0 Å². The molecule has 0 aromatic rings. The van der Waals surface area contributed by atoms with E-state index in [0.29, 0.717) is 13.2 Å². The molecule has 0 unspecified atom stereocenters. The lowest BCUT2D eigenvalue weighted by molar-refractivity contribution is -0.141. The first-order chi connectivity index (χ1) is 7.79. The number of nitrogens with zero attached hydrogens (tertiary/aromatic N) is 1. The third kappa shape index (κ3) is 6.78. The summed E-state index contributed by atoms with van der Waals surface area (Å²) in [6, 6.07) is -0.368. The van der Waals surface area contributed by atoms with Gasteiger partial charge >= 0.3 is 12.0 Å². The summed E-state index contributed by atoms with van der Waals surface area (Å²) < 4.78 is 4.69. The van der Waals surface area contributed by atoms with E-state index in [4.69, 9.17) is 0 Å². The molecule has 6 heteroatoms. The standard InChI is InChI=1S/C11H23N3O3/c1-6-17-9(15)7-12-10(16)13-8-11(2,3)14(4)5/h6-8H2,1-5H3,(H2,12,13,16). The first-order valence-corrected chi connectivity index (χ1v) is 5.64. The number of hydrogen-bond donors (Lipinski definition) is 2. The second-order valence-corrected chi connectivity index (χ2v) is 4.55. The van der Waals surface area contributed by atoms with Crippen LogP contribution in [-0.2, 0) is 9.53 Å². The van der Waals surface area contributed by atoms with Gasteiger partial charge in [-0.1, -0.05) is 0 Å². The Morgan fingerprint density at radius 3 is 2.29 bits per heavy atom. The van der Waals surface area contributed by atoms with Crippen molar-refractivity contribution in [3.05, 3.63) is 0 Å². The molecule has 0 bridgehead atoms. The number of ether oxygens (including phenoxy) is 1. The number of nitrogens with one attached hydrogen (secondary N) is 2. The predicted octanol–water partition coefficient (Wildman–Crippen LogP) is 0.189. The van der Waals surface area contributed by atoms with Gasteiger partial charge in [0.05, 0.1) is 6.61 Å². The summed E-state index contributed by atoms with van der Waals surface area (Å²) >= 11 is 0. The molecule has 0 heterocycles. The Bertz CT molecular complexity index is 265. The summed E-state index contributed by atoms with van der Waals surface area (Å²) in [5, 5.41) is 5.14. The van der Waals surface area contributed by atoms with Crippen LogP contribution in [-0.4, -0.2) is 56.2 Å². The van der Waals surface area contributed by atoms with Gasteiger partial charge in [0.25, 0.3) is 0 Å². The van der Waals surface area contributed by atoms with E-state index < -0.39 is 5.97 Å². The monoisotopic (exact) mass is 245 g/mol. The molecule has 0 radical (unpaired) electrons. The van der Waals surface area contributed by atoms with Gasteiger partial charge < -0.3 is 20.3 Å². The molecule has 0 atom stereocenters. The molecular formula is C11H23N3O3. The van der Waals surface area contributed by atoms with Crippen molar-refractivity contribution in [2.24, 2.45) is 0 Å². The fourth-order valence-corrected chi connectivity index (χ4v) is 0.882. The minimum atomic E-state index is -0.436. The summed E-state index contributed by atoms with van der Waals surface area (Å²) in [6.07, 6.45) is 0. The highest BCUT2D eigenvalue weighted by molar-refractivity contribution is 5.80. The molecule has 0 aromatic heterocycles. The highest BCUT2D eigenvalue weighted by Crippen LogP contribution is 2.07. The van der Waals surface area contributed by atoms with Crippen LogP contribution in [0.2, 0.25) is 0 Å². The molecule has 0 aliphatic carbocycles. The van der Waals surface area contributed by atoms with Gasteiger partial charge in [0.2, 0.25) is 0 Å². The smallest absolute Gasteiger partial charge is 0.325 e. The van der Waals surface area contributed by atoms with Crippen LogP contribution in [0.5, 0.6) is 0 Å². The van der Waals surface area contributed by atoms with Gasteiger partial charge in [-0.3, -0.25) is 4.79 Å². The van der Waals surface area contributed by atoms with E-state index in [0.717, 1.165) is 0 Å². The maximum absolute atomic E-state index is 11.4. The van der Waals surface area contributed by atoms with Gasteiger partial charge in [0, 0.05) is 12.1 Å². The summed E-state index contributed by atoms with van der Waals surface area (Å²) in [7, 11) is 3.89. The van der Waals surface area contributed by atoms with Crippen molar-refractivity contribution in [2.75, 3.05) is 33.8 Å². The molecule has 0 aliphatic rings. The number of likely N-dealkylation sites (N-methyl/N-ethyl adjacent to an activating group) is 1. The van der Waals surface area contributed by atoms with E-state index in [1.54, 1.807) is 6.92 Å². The van der Waals surface area contributed by atoms with Gasteiger partial charge in [-0.25, -0.2) is 4.79 Å². The molecule has 2 amide bonds. The van der Waals surface area contributed by atoms with E-state index in [1.807, 2.05) is 32.8 Å². The van der Waals surface area contributed by atoms with E-state index in [9.17, 15) is 9.59 Å². The van der Waals surface area contributed by atoms with Gasteiger partial charge in [-0.05, 0) is 34.9 Å². The lowest BCUT2D eigenvalue weighted by Gasteiger charge is -2.32. The maximum atomic E-state index is 11.4. The van der Waals surface area contributed by atoms with Crippen LogP contribution >= 0.6 is 0 Å². The average Bonchev–Trinajstić information content (AvgIpc) is 2.24. The van der Waals surface area contributed by atoms with Crippen molar-refractivity contribution >= 4 is 12.0 Å². The minimum Gasteiger partial charge on any atom is -0.465 e. The van der Waals surface area contributed by atoms with Gasteiger partial charge in [-0.2, -0.15) is 0 Å². The zero-order valence-electron chi connectivity index (χ0n) is 11.3. The molecule has 0 rings (SSSR count). The number of urea groups is 1. The van der Waals surface area contributed by atoms with Crippen LogP contribution < -0.4 is 10.6 Å². The van der Waals surface area contributed by atoms with Gasteiger partial charge in [0.1, 0.15) is 6.54 Å². The number of rotatable bonds is 6. The summed E-state index contributed by atoms with van der Waals surface area (Å²) in [5.74, 6) is -0.436. The Balaban J connectivity index is 3.85. The summed E-state index contributed by atoms with van der Waals surface area (Å²) in [5.41, 5.74) is -0.138. The third-order valence-electron chi connectivity index (χ3n) is 2.59. The van der Waals surface area contributed by atoms with Crippen molar-refractivity contribution in [2.45, 2.75) is 26.3 Å². The third-order valence-corrected chi connectivity index (χ3v) is 2.59. The minimum absolute atomic E-state index is 0.109. The normalized spacial score (nSPS) is 11.2. The second kappa shape index (κ2) is 7.11. The SMILES string of the molecule is CCOC(=O)CNC(=O)NCC(C)(C)N(C)C. The molecule has 0 fully saturated rings. The summed E-state index contributed by atoms with van der Waals surface area (Å²) in [4.78, 5) is 24.4. The predicted molar refractivity (Wildman–Crippen MR) is 65.8 cm³/mol. The van der Waals surface area contributed by atoms with Crippen LogP contribution in [0.1, 0.15) is 20.8 Å². The fraction of sp³-hybridized carbons (Fsp3) is 0.818. The van der Waals surface area contributed by atoms with Crippen LogP contribution in [0.15, 0.2) is 0 Å². The first kappa shape index (κ1) is 15.7. The lowest BCUT2D eigenvalue weighted by atomic mass is 10.1. The molecular weight excluding hydrogens is 222 g/mol. The molecule has 17 heavy (non-hydrogen) atoms. The molecule has 0 spiro atoms. The van der Waals surface area contributed by atoms with Crippen molar-refractivity contribution in [3.8, 4) is 0 Å². The molecule has 0 saturated carbocycles. The zero-order valence-corrected chi connectivity index (χ0v) is 11.3. The van der Waals surface area contributed by atoms with Crippen molar-refractivity contribution < 1.29 is 14.3 Å². The largest absolute Gasteiger partial charge is 0.465 e. The number of carbonyl (C=O) groups excluding carboxylic acids is 2. The van der Waals surface area contributed by atoms with Crippen LogP contribution in [0.4, 0.5) is 4.79 Å². The average molecular weight is 245 g/mol. The molecule has 100 valence electrons. The maximum Gasteiger partial charge on any atom is 0.325 e. The Morgan fingerprint density at radius 2 is 1.82 bits per heavy atom. The first-order valence-electron chi connectivity index (χ1n) is 5.64. The van der Waals surface area contributed by atoms with Crippen molar-refractivity contribution in [1.82, 2.24) is 15.5 Å². The number of esters is 1. The molecule has 2 N–H and O–H groups in total. The Kier molecular flexibility index (Phi) is 6.57. The number of amides is 2. The Hall–Kier alpha value is -1.30. The van der Waals surface area contributed by atoms with E-state index in [2.05, 4.69) is 15.4 Å². The number of hydrogen-bond acceptors (Lipinski definition) is 4. The van der Waals surface area contributed by atoms with E-state index in [-0.39, 0.29) is 18.1 Å². The second-order valence-electron chi connectivity index (χ2n) is 4.55. The van der Waals surface area contributed by atoms with E-state index in [1.165, 1.54) is 0 Å². The topological polar surface area (TPSA) is 70.7 Å². The highest BCUT2D eigenvalue weighted by atomic mass is 16.5. The Labute approximate surface area is 103 Å². The number of carbonyl (C=O) groups is 2. The molecule has 0 aromatic carbocycles. The zero-order chi connectivity index (χ0) is 13.5. The highest BCUT2D eigenvalue weighted by Gasteiger charge is 2.20. The molecule has 0 aliphatic heterocycles. The van der Waals surface area contributed by atoms with Crippen molar-refractivity contribution in [3.63, 3.8) is 0 Å². The summed E-state index contributed by atoms with van der Waals surface area (Å²) in [6.45, 7) is 6.45. The quantitative estimate of drug-likeness (QED) is 0.655. The molecule has 6 nitrogen and oxygen atoms in total. The Morgan fingerprint density at radius 1 is 1.24 bits per heavy atom. The fourth-order valence-electron chi connectivity index (χ4n) is 0.882. The van der Waals surface area contributed by atoms with Crippen LogP contribution in [0, 0.1) is 0 Å². The van der Waals surface area contributed by atoms with Crippen LogP contribution in [0.3, 0.4) is 0 Å². The van der Waals surface area contributed by atoms with Gasteiger partial charge in [0.15, 0.2) is 0 Å². The van der Waals surface area contributed by atoms with Crippen molar-refractivity contribution in [1.29, 1.82) is 0 Å². The lowest BCUT2D eigenvalue weighted by Crippen LogP contribution is -2.50. The van der Waals surface area contributed by atoms with Crippen LogP contribution in [0.25, 0.3) is 0 Å². The van der Waals surface area contributed by atoms with Gasteiger partial charge in [-0.15, -0.1) is 0 Å².